The second-order valence-corrected chi connectivity index (χ2v) is 4.65. The highest BCUT2D eigenvalue weighted by Crippen LogP contribution is 2.22. The molecule has 0 N–H and O–H groups in total. The van der Waals surface area contributed by atoms with Gasteiger partial charge >= 0.3 is 0 Å². The molecule has 0 unspecified atom stereocenters. The van der Waals surface area contributed by atoms with E-state index in [1.54, 1.807) is 23.9 Å². The van der Waals surface area contributed by atoms with Gasteiger partial charge < -0.3 is 4.42 Å². The normalized spacial score (nSPS) is 10.5. The van der Waals surface area contributed by atoms with Crippen LogP contribution in [-0.2, 0) is 6.42 Å². The second kappa shape index (κ2) is 4.03. The van der Waals surface area contributed by atoms with Crippen LogP contribution in [0.25, 0.3) is 0 Å². The molecule has 78 valence electrons. The molecule has 0 aliphatic heterocycles. The lowest BCUT2D eigenvalue weighted by Crippen LogP contribution is -2.03. The van der Waals surface area contributed by atoms with E-state index >= 15 is 0 Å². The summed E-state index contributed by atoms with van der Waals surface area (Å²) in [5.74, 6) is 0.165. The van der Waals surface area contributed by atoms with Crippen molar-refractivity contribution in [3.63, 3.8) is 0 Å². The summed E-state index contributed by atoms with van der Waals surface area (Å²) in [6.45, 7) is 4.03. The first-order valence-electron chi connectivity index (χ1n) is 4.77. The molecule has 2 nitrogen and oxygen atoms in total. The molecule has 2 heterocycles. The van der Waals surface area contributed by atoms with Gasteiger partial charge in [-0.2, -0.15) is 0 Å². The van der Waals surface area contributed by atoms with Crippen molar-refractivity contribution in [2.75, 3.05) is 0 Å². The van der Waals surface area contributed by atoms with E-state index in [9.17, 15) is 4.79 Å². The maximum Gasteiger partial charge on any atom is 0.168 e. The van der Waals surface area contributed by atoms with E-state index < -0.39 is 0 Å². The summed E-state index contributed by atoms with van der Waals surface area (Å²) in [6, 6.07) is 1.83. The fourth-order valence-electron chi connectivity index (χ4n) is 1.46. The summed E-state index contributed by atoms with van der Waals surface area (Å²) in [4.78, 5) is 13.1. The van der Waals surface area contributed by atoms with Gasteiger partial charge in [0.05, 0.1) is 12.5 Å². The van der Waals surface area contributed by atoms with Gasteiger partial charge in [0.25, 0.3) is 0 Å². The van der Waals surface area contributed by atoms with Crippen LogP contribution in [0.5, 0.6) is 0 Å². The summed E-state index contributed by atoms with van der Waals surface area (Å²) in [6.07, 6.45) is 3.63. The van der Waals surface area contributed by atoms with E-state index in [2.05, 4.69) is 0 Å². The number of ketones is 1. The smallest absolute Gasteiger partial charge is 0.168 e. The van der Waals surface area contributed by atoms with Crippen molar-refractivity contribution in [3.05, 3.63) is 45.5 Å². The predicted molar refractivity (Wildman–Crippen MR) is 60.5 cm³/mol. The number of hydrogen-bond acceptors (Lipinski definition) is 3. The number of Topliss-reactive ketones (excluding diaryl/α,β-unsaturated/α-hetero) is 1. The van der Waals surface area contributed by atoms with Crippen molar-refractivity contribution in [1.82, 2.24) is 0 Å². The standard InChI is InChI=1S/C12H12O2S/c1-8-9(2)15-7-11(8)12(13)5-10-3-4-14-6-10/h3-4,6-7H,5H2,1-2H3. The van der Waals surface area contributed by atoms with Gasteiger partial charge in [-0.25, -0.2) is 0 Å². The Balaban J connectivity index is 2.19. The van der Waals surface area contributed by atoms with Crippen molar-refractivity contribution in [3.8, 4) is 0 Å². The van der Waals surface area contributed by atoms with Crippen LogP contribution < -0.4 is 0 Å². The highest BCUT2D eigenvalue weighted by Gasteiger charge is 2.13. The number of aryl methyl sites for hydroxylation is 1. The zero-order valence-electron chi connectivity index (χ0n) is 8.74. The van der Waals surface area contributed by atoms with Crippen LogP contribution in [0.1, 0.15) is 26.4 Å². The monoisotopic (exact) mass is 220 g/mol. The molecule has 0 atom stereocenters. The first kappa shape index (κ1) is 10.2. The minimum atomic E-state index is 0.165. The van der Waals surface area contributed by atoms with Gasteiger partial charge in [-0.1, -0.05) is 0 Å². The van der Waals surface area contributed by atoms with Crippen LogP contribution in [0.15, 0.2) is 28.4 Å². The van der Waals surface area contributed by atoms with Gasteiger partial charge in [-0.05, 0) is 31.0 Å². The van der Waals surface area contributed by atoms with Gasteiger partial charge in [0.15, 0.2) is 5.78 Å². The predicted octanol–water partition coefficient (Wildman–Crippen LogP) is 3.38. The fraction of sp³-hybridized carbons (Fsp3) is 0.250. The second-order valence-electron chi connectivity index (χ2n) is 3.56. The third-order valence-corrected chi connectivity index (χ3v) is 3.54. The van der Waals surface area contributed by atoms with E-state index in [1.165, 1.54) is 4.88 Å². The highest BCUT2D eigenvalue weighted by atomic mass is 32.1. The van der Waals surface area contributed by atoms with Crippen molar-refractivity contribution in [2.24, 2.45) is 0 Å². The first-order chi connectivity index (χ1) is 7.18. The van der Waals surface area contributed by atoms with Gasteiger partial charge in [0, 0.05) is 22.2 Å². The maximum atomic E-state index is 11.9. The Morgan fingerprint density at radius 1 is 1.47 bits per heavy atom. The van der Waals surface area contributed by atoms with Gasteiger partial charge in [-0.15, -0.1) is 11.3 Å². The minimum absolute atomic E-state index is 0.165. The Bertz CT molecular complexity index is 466. The molecule has 0 aliphatic carbocycles. The molecule has 0 radical (unpaired) electrons. The molecule has 0 spiro atoms. The molecule has 2 aromatic heterocycles. The highest BCUT2D eigenvalue weighted by molar-refractivity contribution is 7.10. The number of carbonyl (C=O) groups is 1. The molecule has 0 amide bonds. The molecule has 15 heavy (non-hydrogen) atoms. The molecular formula is C12H12O2S. The zero-order chi connectivity index (χ0) is 10.8. The lowest BCUT2D eigenvalue weighted by Gasteiger charge is -1.98. The average molecular weight is 220 g/mol. The van der Waals surface area contributed by atoms with Gasteiger partial charge in [0.1, 0.15) is 0 Å². The topological polar surface area (TPSA) is 30.2 Å². The molecular weight excluding hydrogens is 208 g/mol. The number of thiophene rings is 1. The summed E-state index contributed by atoms with van der Waals surface area (Å²) in [7, 11) is 0. The molecule has 0 fully saturated rings. The third-order valence-electron chi connectivity index (χ3n) is 2.53. The number of furan rings is 1. The van der Waals surface area contributed by atoms with Crippen molar-refractivity contribution >= 4 is 17.1 Å². The molecule has 3 heteroatoms. The van der Waals surface area contributed by atoms with Crippen LogP contribution >= 0.6 is 11.3 Å². The quantitative estimate of drug-likeness (QED) is 0.742. The molecule has 0 aliphatic rings. The van der Waals surface area contributed by atoms with E-state index in [1.807, 2.05) is 25.3 Å². The van der Waals surface area contributed by atoms with E-state index in [0.717, 1.165) is 16.7 Å². The van der Waals surface area contributed by atoms with Crippen LogP contribution in [0, 0.1) is 13.8 Å². The molecule has 0 bridgehead atoms. The first-order valence-corrected chi connectivity index (χ1v) is 5.65. The van der Waals surface area contributed by atoms with Gasteiger partial charge in [-0.3, -0.25) is 4.79 Å². The van der Waals surface area contributed by atoms with E-state index in [-0.39, 0.29) is 5.78 Å². The average Bonchev–Trinajstić information content (AvgIpc) is 2.79. The largest absolute Gasteiger partial charge is 0.472 e. The Morgan fingerprint density at radius 2 is 2.27 bits per heavy atom. The van der Waals surface area contributed by atoms with E-state index in [0.29, 0.717) is 6.42 Å². The third kappa shape index (κ3) is 2.02. The molecule has 2 aromatic rings. The summed E-state index contributed by atoms with van der Waals surface area (Å²) < 4.78 is 4.94. The van der Waals surface area contributed by atoms with Crippen LogP contribution in [0.2, 0.25) is 0 Å². The number of rotatable bonds is 3. The molecule has 0 aromatic carbocycles. The van der Waals surface area contributed by atoms with Crippen molar-refractivity contribution < 1.29 is 9.21 Å². The van der Waals surface area contributed by atoms with Crippen LogP contribution in [-0.4, -0.2) is 5.78 Å². The molecule has 0 saturated carbocycles. The SMILES string of the molecule is Cc1scc(C(=O)Cc2ccoc2)c1C. The zero-order valence-corrected chi connectivity index (χ0v) is 9.56. The molecule has 0 saturated heterocycles. The fourth-order valence-corrected chi connectivity index (χ4v) is 2.35. The Kier molecular flexibility index (Phi) is 2.73. The van der Waals surface area contributed by atoms with Gasteiger partial charge in [0.2, 0.25) is 0 Å². The maximum absolute atomic E-state index is 11.9. The summed E-state index contributed by atoms with van der Waals surface area (Å²) in [5.41, 5.74) is 2.88. The van der Waals surface area contributed by atoms with E-state index in [4.69, 9.17) is 4.42 Å². The van der Waals surface area contributed by atoms with Crippen LogP contribution in [0.4, 0.5) is 0 Å². The Morgan fingerprint density at radius 3 is 2.80 bits per heavy atom. The Labute approximate surface area is 92.5 Å². The lowest BCUT2D eigenvalue weighted by molar-refractivity contribution is 0.0992. The van der Waals surface area contributed by atoms with Crippen molar-refractivity contribution in [1.29, 1.82) is 0 Å². The molecule has 2 rings (SSSR count). The summed E-state index contributed by atoms with van der Waals surface area (Å²) in [5, 5.41) is 1.94. The lowest BCUT2D eigenvalue weighted by atomic mass is 10.0. The van der Waals surface area contributed by atoms with Crippen molar-refractivity contribution in [2.45, 2.75) is 20.3 Å². The summed E-state index contributed by atoms with van der Waals surface area (Å²) >= 11 is 1.63. The minimum Gasteiger partial charge on any atom is -0.472 e. The number of carbonyl (C=O) groups excluding carboxylic acids is 1. The Hall–Kier alpha value is -1.35. The number of hydrogen-bond donors (Lipinski definition) is 0. The van der Waals surface area contributed by atoms with Crippen LogP contribution in [0.3, 0.4) is 0 Å².